The van der Waals surface area contributed by atoms with Gasteiger partial charge >= 0.3 is 0 Å². The molecule has 5 rings (SSSR count). The van der Waals surface area contributed by atoms with E-state index in [9.17, 15) is 9.59 Å². The SMILES string of the molecule is Cc1nc(N)c2ccc([C@H]3CCCN(C(=O)Cn4c(=O)cc(C)c5ccccc54)C3)nc2n1. The number of hydrogen-bond acceptors (Lipinski definition) is 6. The van der Waals surface area contributed by atoms with E-state index in [0.717, 1.165) is 40.4 Å². The number of aryl methyl sites for hydroxylation is 2. The van der Waals surface area contributed by atoms with Gasteiger partial charge in [0.15, 0.2) is 5.65 Å². The van der Waals surface area contributed by atoms with Crippen LogP contribution in [0, 0.1) is 13.8 Å². The molecule has 1 aliphatic rings. The third-order valence-electron chi connectivity index (χ3n) is 6.43. The Hall–Kier alpha value is -3.81. The molecule has 1 saturated heterocycles. The average molecular weight is 443 g/mol. The van der Waals surface area contributed by atoms with Crippen LogP contribution in [0.1, 0.15) is 35.8 Å². The minimum absolute atomic E-state index is 0.0282. The first-order chi connectivity index (χ1) is 15.9. The van der Waals surface area contributed by atoms with Crippen molar-refractivity contribution in [2.75, 3.05) is 18.8 Å². The molecule has 4 aromatic rings. The predicted octanol–water partition coefficient (Wildman–Crippen LogP) is 2.94. The topological polar surface area (TPSA) is 107 Å². The van der Waals surface area contributed by atoms with Crippen molar-refractivity contribution in [2.45, 2.75) is 39.2 Å². The fourth-order valence-corrected chi connectivity index (χ4v) is 4.73. The Kier molecular flexibility index (Phi) is 5.28. The Morgan fingerprint density at radius 3 is 2.76 bits per heavy atom. The van der Waals surface area contributed by atoms with Gasteiger partial charge in [0.2, 0.25) is 5.91 Å². The van der Waals surface area contributed by atoms with Crippen LogP contribution in [0.3, 0.4) is 0 Å². The number of hydrogen-bond donors (Lipinski definition) is 1. The van der Waals surface area contributed by atoms with Gasteiger partial charge in [0.1, 0.15) is 18.2 Å². The zero-order valence-corrected chi connectivity index (χ0v) is 18.8. The molecule has 0 saturated carbocycles. The Balaban J connectivity index is 1.40. The van der Waals surface area contributed by atoms with Crippen LogP contribution in [0.5, 0.6) is 0 Å². The monoisotopic (exact) mass is 442 g/mol. The highest BCUT2D eigenvalue weighted by atomic mass is 16.2. The Labute approximate surface area is 191 Å². The molecule has 1 amide bonds. The number of nitrogens with zero attached hydrogens (tertiary/aromatic N) is 5. The van der Waals surface area contributed by atoms with E-state index >= 15 is 0 Å². The number of aromatic nitrogens is 4. The summed E-state index contributed by atoms with van der Waals surface area (Å²) >= 11 is 0. The third-order valence-corrected chi connectivity index (χ3v) is 6.43. The summed E-state index contributed by atoms with van der Waals surface area (Å²) < 4.78 is 1.57. The number of para-hydroxylation sites is 1. The van der Waals surface area contributed by atoms with Crippen molar-refractivity contribution < 1.29 is 4.79 Å². The summed E-state index contributed by atoms with van der Waals surface area (Å²) in [4.78, 5) is 41.1. The van der Waals surface area contributed by atoms with Crippen LogP contribution >= 0.6 is 0 Å². The van der Waals surface area contributed by atoms with Gasteiger partial charge in [0, 0.05) is 36.2 Å². The lowest BCUT2D eigenvalue weighted by molar-refractivity contribution is -0.133. The molecule has 0 spiro atoms. The molecular weight excluding hydrogens is 416 g/mol. The molecule has 33 heavy (non-hydrogen) atoms. The van der Waals surface area contributed by atoms with Gasteiger partial charge in [-0.3, -0.25) is 14.2 Å². The van der Waals surface area contributed by atoms with Gasteiger partial charge in [-0.15, -0.1) is 0 Å². The normalized spacial score (nSPS) is 16.4. The second-order valence-electron chi connectivity index (χ2n) is 8.71. The van der Waals surface area contributed by atoms with Crippen LogP contribution in [-0.4, -0.2) is 43.4 Å². The zero-order chi connectivity index (χ0) is 23.1. The van der Waals surface area contributed by atoms with Crippen molar-refractivity contribution in [1.82, 2.24) is 24.4 Å². The second-order valence-corrected chi connectivity index (χ2v) is 8.71. The molecule has 1 aromatic carbocycles. The molecule has 1 fully saturated rings. The maximum Gasteiger partial charge on any atom is 0.251 e. The van der Waals surface area contributed by atoms with Crippen LogP contribution in [0.25, 0.3) is 21.9 Å². The van der Waals surface area contributed by atoms with Crippen molar-refractivity contribution in [1.29, 1.82) is 0 Å². The molecule has 3 aromatic heterocycles. The first kappa shape index (κ1) is 21.1. The molecule has 4 heterocycles. The quantitative estimate of drug-likeness (QED) is 0.523. The highest BCUT2D eigenvalue weighted by Crippen LogP contribution is 2.28. The number of piperidine rings is 1. The average Bonchev–Trinajstić information content (AvgIpc) is 2.81. The van der Waals surface area contributed by atoms with E-state index in [2.05, 4.69) is 9.97 Å². The largest absolute Gasteiger partial charge is 0.383 e. The molecule has 168 valence electrons. The summed E-state index contributed by atoms with van der Waals surface area (Å²) in [7, 11) is 0. The number of carbonyl (C=O) groups excluding carboxylic acids is 1. The number of rotatable bonds is 3. The molecule has 0 radical (unpaired) electrons. The van der Waals surface area contributed by atoms with E-state index in [4.69, 9.17) is 10.7 Å². The van der Waals surface area contributed by atoms with Gasteiger partial charge < -0.3 is 10.6 Å². The van der Waals surface area contributed by atoms with E-state index in [1.807, 2.05) is 48.2 Å². The lowest BCUT2D eigenvalue weighted by Crippen LogP contribution is -2.42. The molecule has 8 nitrogen and oxygen atoms in total. The molecule has 8 heteroatoms. The van der Waals surface area contributed by atoms with Gasteiger partial charge in [-0.25, -0.2) is 15.0 Å². The van der Waals surface area contributed by atoms with Crippen molar-refractivity contribution in [3.63, 3.8) is 0 Å². The van der Waals surface area contributed by atoms with Crippen molar-refractivity contribution >= 4 is 33.7 Å². The zero-order valence-electron chi connectivity index (χ0n) is 18.8. The second kappa shape index (κ2) is 8.27. The number of amides is 1. The first-order valence-electron chi connectivity index (χ1n) is 11.2. The number of benzene rings is 1. The minimum Gasteiger partial charge on any atom is -0.383 e. The summed E-state index contributed by atoms with van der Waals surface area (Å²) in [6.45, 7) is 4.98. The number of pyridine rings is 2. The van der Waals surface area contributed by atoms with E-state index in [1.165, 1.54) is 0 Å². The van der Waals surface area contributed by atoms with E-state index in [1.54, 1.807) is 17.6 Å². The number of nitrogens with two attached hydrogens (primary N) is 1. The van der Waals surface area contributed by atoms with Crippen molar-refractivity contribution in [2.24, 2.45) is 0 Å². The molecule has 1 aliphatic heterocycles. The fourth-order valence-electron chi connectivity index (χ4n) is 4.73. The fraction of sp³-hybridized carbons (Fsp3) is 0.320. The Morgan fingerprint density at radius 2 is 1.91 bits per heavy atom. The van der Waals surface area contributed by atoms with E-state index in [0.29, 0.717) is 30.4 Å². The smallest absolute Gasteiger partial charge is 0.251 e. The predicted molar refractivity (Wildman–Crippen MR) is 128 cm³/mol. The maximum atomic E-state index is 13.2. The van der Waals surface area contributed by atoms with Crippen LogP contribution in [0.4, 0.5) is 5.82 Å². The van der Waals surface area contributed by atoms with Gasteiger partial charge in [-0.05, 0) is 50.5 Å². The van der Waals surface area contributed by atoms with Gasteiger partial charge in [-0.2, -0.15) is 0 Å². The standard InChI is InChI=1S/C25H26N6O2/c1-15-12-22(32)31(21-8-4-3-7-18(15)21)14-23(33)30-11-5-6-17(13-30)20-10-9-19-24(26)27-16(2)28-25(19)29-20/h3-4,7-10,12,17H,5-6,11,13-14H2,1-2H3,(H2,26,27,28,29)/t17-/m0/s1. The van der Waals surface area contributed by atoms with Gasteiger partial charge in [0.05, 0.1) is 10.9 Å². The number of likely N-dealkylation sites (tertiary alicyclic amines) is 1. The summed E-state index contributed by atoms with van der Waals surface area (Å²) in [5, 5.41) is 1.72. The lowest BCUT2D eigenvalue weighted by atomic mass is 9.94. The molecule has 0 aliphatic carbocycles. The summed E-state index contributed by atoms with van der Waals surface area (Å²) in [5.74, 6) is 1.06. The third kappa shape index (κ3) is 3.92. The van der Waals surface area contributed by atoms with Gasteiger partial charge in [-0.1, -0.05) is 18.2 Å². The number of carbonyl (C=O) groups is 1. The molecule has 2 N–H and O–H groups in total. The van der Waals surface area contributed by atoms with Crippen LogP contribution < -0.4 is 11.3 Å². The first-order valence-corrected chi connectivity index (χ1v) is 11.2. The van der Waals surface area contributed by atoms with E-state index < -0.39 is 0 Å². The highest BCUT2D eigenvalue weighted by molar-refractivity contribution is 5.86. The summed E-state index contributed by atoms with van der Waals surface area (Å²) in [6, 6.07) is 13.2. The Morgan fingerprint density at radius 1 is 1.09 bits per heavy atom. The molecular formula is C25H26N6O2. The van der Waals surface area contributed by atoms with Crippen LogP contribution in [0.2, 0.25) is 0 Å². The van der Waals surface area contributed by atoms with Crippen molar-refractivity contribution in [3.05, 3.63) is 69.9 Å². The number of fused-ring (bicyclic) bond motifs is 2. The molecule has 0 bridgehead atoms. The Bertz CT molecular complexity index is 1440. The van der Waals surface area contributed by atoms with Crippen LogP contribution in [-0.2, 0) is 11.3 Å². The molecule has 0 unspecified atom stereocenters. The van der Waals surface area contributed by atoms with Crippen molar-refractivity contribution in [3.8, 4) is 0 Å². The number of anilines is 1. The summed E-state index contributed by atoms with van der Waals surface area (Å²) in [5.41, 5.74) is 9.04. The van der Waals surface area contributed by atoms with Crippen LogP contribution in [0.15, 0.2) is 47.3 Å². The highest BCUT2D eigenvalue weighted by Gasteiger charge is 2.26. The lowest BCUT2D eigenvalue weighted by Gasteiger charge is -2.33. The minimum atomic E-state index is -0.156. The number of nitrogen functional groups attached to an aromatic ring is 1. The molecule has 1 atom stereocenters. The summed E-state index contributed by atoms with van der Waals surface area (Å²) in [6.07, 6.45) is 1.82. The maximum absolute atomic E-state index is 13.2. The van der Waals surface area contributed by atoms with Gasteiger partial charge in [0.25, 0.3) is 5.56 Å². The van der Waals surface area contributed by atoms with E-state index in [-0.39, 0.29) is 23.9 Å².